The molecule has 0 radical (unpaired) electrons. The Bertz CT molecular complexity index is 516. The number of nitrogens with one attached hydrogen (secondary N) is 2. The molecule has 0 atom stereocenters. The van der Waals surface area contributed by atoms with Crippen LogP contribution in [-0.4, -0.2) is 52.8 Å². The number of hydrogen-bond donors (Lipinski definition) is 3. The minimum Gasteiger partial charge on any atom is -0.395 e. The molecule has 7 nitrogen and oxygen atoms in total. The van der Waals surface area contributed by atoms with Crippen molar-refractivity contribution in [2.24, 2.45) is 0 Å². The predicted octanol–water partition coefficient (Wildman–Crippen LogP) is 1.84. The molecule has 1 fully saturated rings. The van der Waals surface area contributed by atoms with Gasteiger partial charge in [0.25, 0.3) is 0 Å². The van der Waals surface area contributed by atoms with Crippen molar-refractivity contribution in [1.82, 2.24) is 9.97 Å². The molecule has 0 spiro atoms. The number of ketones is 1. The number of carbonyl (C=O) groups is 1. The average Bonchev–Trinajstić information content (AvgIpc) is 2.55. The number of rotatable bonds is 8. The summed E-state index contributed by atoms with van der Waals surface area (Å²) in [6.07, 6.45) is 5.99. The van der Waals surface area contributed by atoms with Gasteiger partial charge in [-0.3, -0.25) is 4.79 Å². The molecular weight excluding hydrogens is 296 g/mol. The molecule has 1 aromatic rings. The molecule has 0 aliphatic heterocycles. The molecular formula is C16H26N4O3. The molecule has 7 heteroatoms. The number of carbonyl (C=O) groups excluding carboxylic acids is 1. The molecule has 0 amide bonds. The van der Waals surface area contributed by atoms with E-state index in [1.54, 1.807) is 0 Å². The Morgan fingerprint density at radius 3 is 2.74 bits per heavy atom. The van der Waals surface area contributed by atoms with Gasteiger partial charge in [-0.25, -0.2) is 4.98 Å². The highest BCUT2D eigenvalue weighted by molar-refractivity contribution is 5.98. The van der Waals surface area contributed by atoms with E-state index in [0.717, 1.165) is 32.3 Å². The van der Waals surface area contributed by atoms with Crippen molar-refractivity contribution in [3.05, 3.63) is 11.8 Å². The van der Waals surface area contributed by atoms with E-state index in [-0.39, 0.29) is 12.4 Å². The SMILES string of the molecule is CCO[C@H]1CC[C@H](Nc2ncc(C(C)=O)c(NCCO)n2)CC1. The molecule has 128 valence electrons. The number of aromatic nitrogens is 2. The molecule has 1 heterocycles. The highest BCUT2D eigenvalue weighted by Crippen LogP contribution is 2.24. The maximum atomic E-state index is 11.6. The third kappa shape index (κ3) is 5.14. The van der Waals surface area contributed by atoms with Gasteiger partial charge >= 0.3 is 0 Å². The maximum Gasteiger partial charge on any atom is 0.224 e. The topological polar surface area (TPSA) is 96.4 Å². The summed E-state index contributed by atoms with van der Waals surface area (Å²) >= 11 is 0. The molecule has 1 saturated carbocycles. The fraction of sp³-hybridized carbons (Fsp3) is 0.688. The number of hydrogen-bond acceptors (Lipinski definition) is 7. The number of aliphatic hydroxyl groups is 1. The van der Waals surface area contributed by atoms with Crippen LogP contribution in [0.4, 0.5) is 11.8 Å². The lowest BCUT2D eigenvalue weighted by molar-refractivity contribution is 0.0346. The molecule has 1 aromatic heterocycles. The molecule has 0 saturated heterocycles. The Kier molecular flexibility index (Phi) is 6.73. The van der Waals surface area contributed by atoms with E-state index in [1.807, 2.05) is 6.92 Å². The van der Waals surface area contributed by atoms with Gasteiger partial charge in [0.15, 0.2) is 5.78 Å². The molecule has 2 rings (SSSR count). The van der Waals surface area contributed by atoms with Crippen LogP contribution in [0.25, 0.3) is 0 Å². The molecule has 23 heavy (non-hydrogen) atoms. The average molecular weight is 322 g/mol. The molecule has 0 unspecified atom stereocenters. The van der Waals surface area contributed by atoms with Crippen LogP contribution in [0.5, 0.6) is 0 Å². The van der Waals surface area contributed by atoms with Gasteiger partial charge < -0.3 is 20.5 Å². The van der Waals surface area contributed by atoms with Crippen LogP contribution >= 0.6 is 0 Å². The third-order valence-corrected chi connectivity index (χ3v) is 3.98. The fourth-order valence-electron chi connectivity index (χ4n) is 2.81. The first-order valence-electron chi connectivity index (χ1n) is 8.24. The second-order valence-corrected chi connectivity index (χ2v) is 5.74. The van der Waals surface area contributed by atoms with Crippen molar-refractivity contribution >= 4 is 17.5 Å². The number of ether oxygens (including phenoxy) is 1. The van der Waals surface area contributed by atoms with E-state index in [4.69, 9.17) is 9.84 Å². The predicted molar refractivity (Wildman–Crippen MR) is 88.9 cm³/mol. The molecule has 1 aliphatic rings. The normalized spacial score (nSPS) is 21.0. The van der Waals surface area contributed by atoms with Crippen molar-refractivity contribution in [2.75, 3.05) is 30.4 Å². The Morgan fingerprint density at radius 1 is 1.39 bits per heavy atom. The van der Waals surface area contributed by atoms with Crippen molar-refractivity contribution in [3.63, 3.8) is 0 Å². The first-order valence-corrected chi connectivity index (χ1v) is 8.24. The number of Topliss-reactive ketones (excluding diaryl/α,β-unsaturated/α-hetero) is 1. The summed E-state index contributed by atoms with van der Waals surface area (Å²) in [6, 6.07) is 0.320. The minimum atomic E-state index is -0.103. The quantitative estimate of drug-likeness (QED) is 0.628. The first-order chi connectivity index (χ1) is 11.1. The van der Waals surface area contributed by atoms with E-state index in [2.05, 4.69) is 20.6 Å². The van der Waals surface area contributed by atoms with Gasteiger partial charge in [0.2, 0.25) is 5.95 Å². The van der Waals surface area contributed by atoms with Crippen molar-refractivity contribution in [1.29, 1.82) is 0 Å². The van der Waals surface area contributed by atoms with Gasteiger partial charge in [0.1, 0.15) is 5.82 Å². The molecule has 3 N–H and O–H groups in total. The lowest BCUT2D eigenvalue weighted by Crippen LogP contribution is -2.30. The van der Waals surface area contributed by atoms with Crippen LogP contribution in [0.3, 0.4) is 0 Å². The fourth-order valence-corrected chi connectivity index (χ4v) is 2.81. The van der Waals surface area contributed by atoms with Crippen LogP contribution < -0.4 is 10.6 Å². The zero-order valence-electron chi connectivity index (χ0n) is 13.8. The summed E-state index contributed by atoms with van der Waals surface area (Å²) in [5.74, 6) is 0.872. The van der Waals surface area contributed by atoms with Gasteiger partial charge in [0, 0.05) is 25.4 Å². The van der Waals surface area contributed by atoms with E-state index in [1.165, 1.54) is 13.1 Å². The standard InChI is InChI=1S/C16H26N4O3/c1-3-23-13-6-4-12(5-7-13)19-16-18-10-14(11(2)22)15(20-16)17-8-9-21/h10,12-13,21H,3-9H2,1-2H3,(H2,17,18,19,20)/t12-,13-. The number of nitrogens with zero attached hydrogens (tertiary/aromatic N) is 2. The maximum absolute atomic E-state index is 11.6. The van der Waals surface area contributed by atoms with Crippen molar-refractivity contribution in [2.45, 2.75) is 51.7 Å². The first kappa shape index (κ1) is 17.6. The van der Waals surface area contributed by atoms with Crippen LogP contribution in [0, 0.1) is 0 Å². The second kappa shape index (κ2) is 8.79. The largest absolute Gasteiger partial charge is 0.395 e. The van der Waals surface area contributed by atoms with Crippen LogP contribution in [-0.2, 0) is 4.74 Å². The van der Waals surface area contributed by atoms with Gasteiger partial charge in [0.05, 0.1) is 18.3 Å². The van der Waals surface area contributed by atoms with E-state index < -0.39 is 0 Å². The summed E-state index contributed by atoms with van der Waals surface area (Å²) < 4.78 is 5.66. The van der Waals surface area contributed by atoms with Crippen LogP contribution in [0.15, 0.2) is 6.20 Å². The Hall–Kier alpha value is -1.73. The summed E-state index contributed by atoms with van der Waals surface area (Å²) in [5.41, 5.74) is 0.434. The second-order valence-electron chi connectivity index (χ2n) is 5.74. The van der Waals surface area contributed by atoms with Crippen molar-refractivity contribution < 1.29 is 14.6 Å². The monoisotopic (exact) mass is 322 g/mol. The van der Waals surface area contributed by atoms with Gasteiger partial charge in [-0.1, -0.05) is 0 Å². The zero-order chi connectivity index (χ0) is 16.7. The van der Waals surface area contributed by atoms with Gasteiger partial charge in [-0.05, 0) is 39.5 Å². The minimum absolute atomic E-state index is 0.0223. The molecule has 1 aliphatic carbocycles. The Labute approximate surface area is 136 Å². The van der Waals surface area contributed by atoms with Crippen molar-refractivity contribution in [3.8, 4) is 0 Å². The smallest absolute Gasteiger partial charge is 0.224 e. The van der Waals surface area contributed by atoms with Gasteiger partial charge in [-0.15, -0.1) is 0 Å². The zero-order valence-corrected chi connectivity index (χ0v) is 13.8. The highest BCUT2D eigenvalue weighted by atomic mass is 16.5. The molecule has 0 bridgehead atoms. The lowest BCUT2D eigenvalue weighted by Gasteiger charge is -2.29. The van der Waals surface area contributed by atoms with Gasteiger partial charge in [-0.2, -0.15) is 4.98 Å². The Balaban J connectivity index is 1.98. The number of anilines is 2. The Morgan fingerprint density at radius 2 is 2.13 bits per heavy atom. The van der Waals surface area contributed by atoms with E-state index in [9.17, 15) is 4.79 Å². The molecule has 0 aromatic carbocycles. The summed E-state index contributed by atoms with van der Waals surface area (Å²) in [7, 11) is 0. The number of aliphatic hydroxyl groups excluding tert-OH is 1. The van der Waals surface area contributed by atoms with Crippen LogP contribution in [0.2, 0.25) is 0 Å². The van der Waals surface area contributed by atoms with E-state index >= 15 is 0 Å². The third-order valence-electron chi connectivity index (χ3n) is 3.98. The highest BCUT2D eigenvalue weighted by Gasteiger charge is 2.22. The van der Waals surface area contributed by atoms with Crippen LogP contribution in [0.1, 0.15) is 49.9 Å². The lowest BCUT2D eigenvalue weighted by atomic mass is 9.93. The van der Waals surface area contributed by atoms with E-state index in [0.29, 0.717) is 36.0 Å². The summed E-state index contributed by atoms with van der Waals surface area (Å²) in [6.45, 7) is 4.58. The summed E-state index contributed by atoms with van der Waals surface area (Å²) in [4.78, 5) is 20.2. The summed E-state index contributed by atoms with van der Waals surface area (Å²) in [5, 5.41) is 15.2.